The summed E-state index contributed by atoms with van der Waals surface area (Å²) in [7, 11) is -4.18. The summed E-state index contributed by atoms with van der Waals surface area (Å²) in [6, 6.07) is 10.5. The molecule has 4 heteroatoms. The summed E-state index contributed by atoms with van der Waals surface area (Å²) >= 11 is 0. The Bertz CT molecular complexity index is 674. The zero-order valence-electron chi connectivity index (χ0n) is 10.4. The van der Waals surface area contributed by atoms with Crippen molar-refractivity contribution in [3.05, 3.63) is 42.0 Å². The standard InChI is InChI=1S/C14H16O3S/c1-3-10(2)11-8-9-14(18(15,16)17)13-7-5-4-6-12(11)13/h4-10H,3H2,1-2H3,(H,15,16,17). The minimum Gasteiger partial charge on any atom is -0.282 e. The molecule has 0 heterocycles. The monoisotopic (exact) mass is 264 g/mol. The molecule has 2 rings (SSSR count). The molecule has 0 bridgehead atoms. The number of rotatable bonds is 3. The molecule has 1 unspecified atom stereocenters. The van der Waals surface area contributed by atoms with Gasteiger partial charge in [0.25, 0.3) is 10.1 Å². The summed E-state index contributed by atoms with van der Waals surface area (Å²) in [5.74, 6) is 0.352. The molecular formula is C14H16O3S. The highest BCUT2D eigenvalue weighted by molar-refractivity contribution is 7.86. The molecule has 0 amide bonds. The van der Waals surface area contributed by atoms with Crippen molar-refractivity contribution in [1.82, 2.24) is 0 Å². The van der Waals surface area contributed by atoms with Crippen LogP contribution in [0.3, 0.4) is 0 Å². The van der Waals surface area contributed by atoms with Crippen LogP contribution in [-0.2, 0) is 10.1 Å². The Morgan fingerprint density at radius 1 is 1.11 bits per heavy atom. The van der Waals surface area contributed by atoms with Crippen LogP contribution in [0.5, 0.6) is 0 Å². The molecule has 0 spiro atoms. The lowest BCUT2D eigenvalue weighted by atomic mass is 9.93. The number of benzene rings is 2. The van der Waals surface area contributed by atoms with Crippen LogP contribution in [-0.4, -0.2) is 13.0 Å². The third-order valence-corrected chi connectivity index (χ3v) is 4.25. The molecule has 0 aliphatic heterocycles. The van der Waals surface area contributed by atoms with Crippen molar-refractivity contribution < 1.29 is 13.0 Å². The molecule has 0 saturated carbocycles. The van der Waals surface area contributed by atoms with E-state index in [1.54, 1.807) is 18.2 Å². The first kappa shape index (κ1) is 13.1. The maximum Gasteiger partial charge on any atom is 0.295 e. The Morgan fingerprint density at radius 2 is 1.72 bits per heavy atom. The van der Waals surface area contributed by atoms with Gasteiger partial charge in [0.05, 0.1) is 0 Å². The van der Waals surface area contributed by atoms with Gasteiger partial charge in [-0.2, -0.15) is 8.42 Å². The molecule has 0 aliphatic rings. The average molecular weight is 264 g/mol. The van der Waals surface area contributed by atoms with Crippen LogP contribution in [0.4, 0.5) is 0 Å². The average Bonchev–Trinajstić information content (AvgIpc) is 2.35. The molecule has 0 saturated heterocycles. The van der Waals surface area contributed by atoms with Crippen LogP contribution in [0.25, 0.3) is 10.8 Å². The maximum atomic E-state index is 11.4. The lowest BCUT2D eigenvalue weighted by Gasteiger charge is -2.14. The number of hydrogen-bond donors (Lipinski definition) is 1. The van der Waals surface area contributed by atoms with Gasteiger partial charge in [0.2, 0.25) is 0 Å². The molecule has 3 nitrogen and oxygen atoms in total. The SMILES string of the molecule is CCC(C)c1ccc(S(=O)(=O)O)c2ccccc12. The summed E-state index contributed by atoms with van der Waals surface area (Å²) in [6.07, 6.45) is 0.981. The summed E-state index contributed by atoms with van der Waals surface area (Å²) in [4.78, 5) is -0.0230. The van der Waals surface area contributed by atoms with Crippen molar-refractivity contribution in [2.45, 2.75) is 31.1 Å². The van der Waals surface area contributed by atoms with E-state index in [9.17, 15) is 13.0 Å². The van der Waals surface area contributed by atoms with Crippen LogP contribution in [0.1, 0.15) is 31.7 Å². The van der Waals surface area contributed by atoms with Gasteiger partial charge in [-0.1, -0.05) is 44.2 Å². The van der Waals surface area contributed by atoms with Crippen molar-refractivity contribution in [3.63, 3.8) is 0 Å². The summed E-state index contributed by atoms with van der Waals surface area (Å²) in [5, 5.41) is 1.47. The molecule has 0 fully saturated rings. The van der Waals surface area contributed by atoms with E-state index < -0.39 is 10.1 Å². The Morgan fingerprint density at radius 3 is 2.28 bits per heavy atom. The highest BCUT2D eigenvalue weighted by Gasteiger charge is 2.17. The molecule has 18 heavy (non-hydrogen) atoms. The zero-order valence-corrected chi connectivity index (χ0v) is 11.2. The van der Waals surface area contributed by atoms with E-state index in [4.69, 9.17) is 0 Å². The summed E-state index contributed by atoms with van der Waals surface area (Å²) < 4.78 is 32.0. The van der Waals surface area contributed by atoms with Crippen LogP contribution in [0, 0.1) is 0 Å². The quantitative estimate of drug-likeness (QED) is 0.862. The summed E-state index contributed by atoms with van der Waals surface area (Å²) in [5.41, 5.74) is 1.11. The third kappa shape index (κ3) is 2.26. The van der Waals surface area contributed by atoms with E-state index in [0.29, 0.717) is 11.3 Å². The Labute approximate surface area is 107 Å². The van der Waals surface area contributed by atoms with Gasteiger partial charge in [-0.05, 0) is 29.4 Å². The Balaban J connectivity index is 2.83. The predicted octanol–water partition coefficient (Wildman–Crippen LogP) is 3.60. The Hall–Kier alpha value is -1.39. The molecule has 0 aliphatic carbocycles. The molecule has 1 atom stereocenters. The highest BCUT2D eigenvalue weighted by atomic mass is 32.2. The predicted molar refractivity (Wildman–Crippen MR) is 72.5 cm³/mol. The van der Waals surface area contributed by atoms with Crippen molar-refractivity contribution >= 4 is 20.9 Å². The van der Waals surface area contributed by atoms with Crippen LogP contribution >= 0.6 is 0 Å². The second-order valence-electron chi connectivity index (χ2n) is 4.48. The smallest absolute Gasteiger partial charge is 0.282 e. The topological polar surface area (TPSA) is 54.4 Å². The second kappa shape index (κ2) is 4.71. The molecule has 2 aromatic rings. The zero-order chi connectivity index (χ0) is 13.3. The van der Waals surface area contributed by atoms with E-state index in [1.165, 1.54) is 6.07 Å². The lowest BCUT2D eigenvalue weighted by Crippen LogP contribution is -2.01. The van der Waals surface area contributed by atoms with Crippen molar-refractivity contribution in [1.29, 1.82) is 0 Å². The van der Waals surface area contributed by atoms with Gasteiger partial charge in [-0.25, -0.2) is 0 Å². The van der Waals surface area contributed by atoms with E-state index >= 15 is 0 Å². The van der Waals surface area contributed by atoms with Gasteiger partial charge >= 0.3 is 0 Å². The van der Waals surface area contributed by atoms with Crippen molar-refractivity contribution in [2.75, 3.05) is 0 Å². The molecule has 1 N–H and O–H groups in total. The first-order valence-corrected chi connectivity index (χ1v) is 7.38. The van der Waals surface area contributed by atoms with Gasteiger partial charge in [0, 0.05) is 5.39 Å². The fourth-order valence-electron chi connectivity index (χ4n) is 2.17. The minimum absolute atomic E-state index is 0.0230. The second-order valence-corrected chi connectivity index (χ2v) is 5.87. The fraction of sp³-hybridized carbons (Fsp3) is 0.286. The first-order valence-electron chi connectivity index (χ1n) is 5.94. The van der Waals surface area contributed by atoms with Crippen molar-refractivity contribution in [3.8, 4) is 0 Å². The van der Waals surface area contributed by atoms with Crippen LogP contribution in [0.2, 0.25) is 0 Å². The number of fused-ring (bicyclic) bond motifs is 1. The molecular weight excluding hydrogens is 248 g/mol. The van der Waals surface area contributed by atoms with Gasteiger partial charge in [0.15, 0.2) is 0 Å². The van der Waals surface area contributed by atoms with E-state index in [2.05, 4.69) is 13.8 Å². The largest absolute Gasteiger partial charge is 0.295 e. The molecule has 96 valence electrons. The maximum absolute atomic E-state index is 11.4. The van der Waals surface area contributed by atoms with E-state index in [1.807, 2.05) is 12.1 Å². The van der Waals surface area contributed by atoms with Crippen LogP contribution < -0.4 is 0 Å². The van der Waals surface area contributed by atoms with Gasteiger partial charge < -0.3 is 0 Å². The van der Waals surface area contributed by atoms with Gasteiger partial charge in [-0.3, -0.25) is 4.55 Å². The van der Waals surface area contributed by atoms with E-state index in [-0.39, 0.29) is 4.90 Å². The van der Waals surface area contributed by atoms with E-state index in [0.717, 1.165) is 17.4 Å². The number of hydrogen-bond acceptors (Lipinski definition) is 2. The molecule has 2 aromatic carbocycles. The lowest BCUT2D eigenvalue weighted by molar-refractivity contribution is 0.484. The van der Waals surface area contributed by atoms with Gasteiger partial charge in [0.1, 0.15) is 4.90 Å². The molecule has 0 aromatic heterocycles. The Kier molecular flexibility index (Phi) is 3.41. The highest BCUT2D eigenvalue weighted by Crippen LogP contribution is 2.31. The normalized spacial score (nSPS) is 13.7. The minimum atomic E-state index is -4.18. The van der Waals surface area contributed by atoms with Crippen LogP contribution in [0.15, 0.2) is 41.3 Å². The first-order chi connectivity index (χ1) is 8.45. The summed E-state index contributed by atoms with van der Waals surface area (Å²) in [6.45, 7) is 4.20. The fourth-order valence-corrected chi connectivity index (χ4v) is 2.87. The van der Waals surface area contributed by atoms with Crippen molar-refractivity contribution in [2.24, 2.45) is 0 Å². The van der Waals surface area contributed by atoms with Gasteiger partial charge in [-0.15, -0.1) is 0 Å². The molecule has 0 radical (unpaired) electrons. The third-order valence-electron chi connectivity index (χ3n) is 3.34.